The third-order valence-electron chi connectivity index (χ3n) is 6.41. The van der Waals surface area contributed by atoms with Gasteiger partial charge in [-0.25, -0.2) is 0 Å². The van der Waals surface area contributed by atoms with Crippen LogP contribution in [0.5, 0.6) is 0 Å². The van der Waals surface area contributed by atoms with Gasteiger partial charge in [0, 0.05) is 54.6 Å². The van der Waals surface area contributed by atoms with Gasteiger partial charge in [-0.05, 0) is 68.1 Å². The maximum Gasteiger partial charge on any atom is 0.253 e. The van der Waals surface area contributed by atoms with Gasteiger partial charge in [-0.15, -0.1) is 0 Å². The Balaban J connectivity index is 1.74. The summed E-state index contributed by atoms with van der Waals surface area (Å²) in [7, 11) is 3.72. The first-order chi connectivity index (χ1) is 15.4. The topological polar surface area (TPSA) is 66.8 Å². The summed E-state index contributed by atoms with van der Waals surface area (Å²) in [5, 5.41) is 15.3. The maximum absolute atomic E-state index is 12.5. The Bertz CT molecular complexity index is 1490. The predicted molar refractivity (Wildman–Crippen MR) is 127 cm³/mol. The van der Waals surface area contributed by atoms with Gasteiger partial charge in [0.2, 0.25) is 0 Å². The highest BCUT2D eigenvalue weighted by atomic mass is 16.1. The van der Waals surface area contributed by atoms with Crippen LogP contribution in [0.1, 0.15) is 28.7 Å². The fourth-order valence-electron chi connectivity index (χ4n) is 4.84. The summed E-state index contributed by atoms with van der Waals surface area (Å²) in [5.41, 5.74) is 8.68. The molecule has 6 heteroatoms. The molecule has 4 aromatic rings. The predicted octanol–water partition coefficient (Wildman–Crippen LogP) is 4.51. The average Bonchev–Trinajstić information content (AvgIpc) is 3.22. The highest BCUT2D eigenvalue weighted by Crippen LogP contribution is 2.40. The second-order valence-electron chi connectivity index (χ2n) is 8.70. The number of aromatic nitrogens is 3. The molecule has 6 nitrogen and oxygen atoms in total. The van der Waals surface area contributed by atoms with E-state index in [1.807, 2.05) is 39.3 Å². The summed E-state index contributed by atoms with van der Waals surface area (Å²) in [4.78, 5) is 14.9. The quantitative estimate of drug-likeness (QED) is 0.476. The van der Waals surface area contributed by atoms with Crippen molar-refractivity contribution in [1.82, 2.24) is 14.3 Å². The first-order valence-corrected chi connectivity index (χ1v) is 10.8. The Kier molecular flexibility index (Phi) is 4.63. The van der Waals surface area contributed by atoms with E-state index >= 15 is 0 Å². The molecule has 0 spiro atoms. The van der Waals surface area contributed by atoms with Crippen LogP contribution in [-0.4, -0.2) is 20.9 Å². The second-order valence-corrected chi connectivity index (χ2v) is 8.70. The van der Waals surface area contributed by atoms with E-state index in [1.165, 1.54) is 5.56 Å². The van der Waals surface area contributed by atoms with Crippen LogP contribution >= 0.6 is 0 Å². The second kappa shape index (κ2) is 7.38. The van der Waals surface area contributed by atoms with Crippen LogP contribution in [0.25, 0.3) is 22.0 Å². The summed E-state index contributed by atoms with van der Waals surface area (Å²) in [6, 6.07) is 12.8. The van der Waals surface area contributed by atoms with Crippen LogP contribution in [0.4, 0.5) is 11.4 Å². The van der Waals surface area contributed by atoms with Crippen LogP contribution in [0.15, 0.2) is 47.5 Å². The molecule has 0 amide bonds. The fraction of sp³-hybridized carbons (Fsp3) is 0.269. The maximum atomic E-state index is 12.5. The van der Waals surface area contributed by atoms with E-state index in [0.29, 0.717) is 5.56 Å². The molecule has 0 fully saturated rings. The van der Waals surface area contributed by atoms with Gasteiger partial charge in [0.25, 0.3) is 5.56 Å². The number of hydrogen-bond donors (Lipinski definition) is 0. The average molecular weight is 424 g/mol. The van der Waals surface area contributed by atoms with E-state index in [-0.39, 0.29) is 5.56 Å². The van der Waals surface area contributed by atoms with Gasteiger partial charge in [-0.3, -0.25) is 9.48 Å². The van der Waals surface area contributed by atoms with Gasteiger partial charge in [-0.1, -0.05) is 0 Å². The Morgan fingerprint density at radius 2 is 1.88 bits per heavy atom. The number of aryl methyl sites for hydroxylation is 5. The van der Waals surface area contributed by atoms with Gasteiger partial charge in [0.15, 0.2) is 0 Å². The number of hydrogen-bond acceptors (Lipinski definition) is 4. The number of nitriles is 1. The molecular formula is C26H25N5O. The SMILES string of the molecule is Cc1cc(N2CCCc3cc(-c4cnn(C)c4)c(C#N)cc32)c2cc(C)c(=O)n(C)c2c1. The molecule has 0 unspecified atom stereocenters. The molecule has 160 valence electrons. The van der Waals surface area contributed by atoms with E-state index in [2.05, 4.69) is 41.2 Å². The molecule has 0 atom stereocenters. The summed E-state index contributed by atoms with van der Waals surface area (Å²) < 4.78 is 3.49. The molecule has 2 aromatic carbocycles. The molecule has 1 aliphatic rings. The van der Waals surface area contributed by atoms with Gasteiger partial charge >= 0.3 is 0 Å². The highest BCUT2D eigenvalue weighted by molar-refractivity contribution is 5.96. The normalized spacial score (nSPS) is 13.3. The van der Waals surface area contributed by atoms with Crippen LogP contribution in [0.3, 0.4) is 0 Å². The molecule has 3 heterocycles. The number of nitrogens with zero attached hydrogens (tertiary/aromatic N) is 5. The van der Waals surface area contributed by atoms with Crippen molar-refractivity contribution in [3.63, 3.8) is 0 Å². The lowest BCUT2D eigenvalue weighted by Gasteiger charge is -2.33. The summed E-state index contributed by atoms with van der Waals surface area (Å²) in [6.45, 7) is 4.79. The standard InChI is InChI=1S/C26H25N5O/c1-16-8-24-22(10-17(2)26(32)30(24)4)25(9-16)31-7-5-6-18-11-21(19(13-27)12-23(18)31)20-14-28-29(3)15-20/h8-12,14-15H,5-7H2,1-4H3. The Morgan fingerprint density at radius 3 is 2.59 bits per heavy atom. The van der Waals surface area contributed by atoms with Crippen molar-refractivity contribution in [2.75, 3.05) is 11.4 Å². The van der Waals surface area contributed by atoms with Crippen LogP contribution in [-0.2, 0) is 20.5 Å². The molecule has 1 aliphatic heterocycles. The number of anilines is 2. The van der Waals surface area contributed by atoms with Crippen molar-refractivity contribution in [1.29, 1.82) is 5.26 Å². The Morgan fingerprint density at radius 1 is 1.06 bits per heavy atom. The highest BCUT2D eigenvalue weighted by Gasteiger charge is 2.24. The third-order valence-corrected chi connectivity index (χ3v) is 6.41. The van der Waals surface area contributed by atoms with Gasteiger partial charge < -0.3 is 9.47 Å². The molecular weight excluding hydrogens is 398 g/mol. The van der Waals surface area contributed by atoms with Crippen LogP contribution in [0, 0.1) is 25.2 Å². The molecule has 2 aromatic heterocycles. The lowest BCUT2D eigenvalue weighted by atomic mass is 9.92. The zero-order valence-electron chi connectivity index (χ0n) is 18.8. The molecule has 0 saturated heterocycles. The number of rotatable bonds is 2. The van der Waals surface area contributed by atoms with E-state index in [0.717, 1.165) is 63.9 Å². The monoisotopic (exact) mass is 423 g/mol. The van der Waals surface area contributed by atoms with Gasteiger partial charge in [0.05, 0.1) is 29.0 Å². The lowest BCUT2D eigenvalue weighted by Crippen LogP contribution is -2.26. The zero-order chi connectivity index (χ0) is 22.6. The summed E-state index contributed by atoms with van der Waals surface area (Å²) >= 11 is 0. The minimum Gasteiger partial charge on any atom is -0.341 e. The summed E-state index contributed by atoms with van der Waals surface area (Å²) in [6.07, 6.45) is 5.73. The van der Waals surface area contributed by atoms with E-state index in [1.54, 1.807) is 15.4 Å². The van der Waals surface area contributed by atoms with E-state index in [4.69, 9.17) is 0 Å². The minimum atomic E-state index is 0.0287. The van der Waals surface area contributed by atoms with Gasteiger partial charge in [-0.2, -0.15) is 10.4 Å². The lowest BCUT2D eigenvalue weighted by molar-refractivity contribution is 0.767. The molecule has 0 saturated carbocycles. The molecule has 5 rings (SSSR count). The van der Waals surface area contributed by atoms with E-state index < -0.39 is 0 Å². The largest absolute Gasteiger partial charge is 0.341 e. The van der Waals surface area contributed by atoms with Crippen LogP contribution < -0.4 is 10.5 Å². The van der Waals surface area contributed by atoms with Crippen molar-refractivity contribution in [3.8, 4) is 17.2 Å². The first-order valence-electron chi connectivity index (χ1n) is 10.8. The zero-order valence-corrected chi connectivity index (χ0v) is 18.8. The van der Waals surface area contributed by atoms with Crippen LogP contribution in [0.2, 0.25) is 0 Å². The summed E-state index contributed by atoms with van der Waals surface area (Å²) in [5.74, 6) is 0. The number of fused-ring (bicyclic) bond motifs is 2. The minimum absolute atomic E-state index is 0.0287. The van der Waals surface area contributed by atoms with Gasteiger partial charge in [0.1, 0.15) is 0 Å². The smallest absolute Gasteiger partial charge is 0.253 e. The Labute approximate surface area is 186 Å². The Hall–Kier alpha value is -3.85. The van der Waals surface area contributed by atoms with E-state index in [9.17, 15) is 10.1 Å². The number of pyridine rings is 1. The molecule has 0 bridgehead atoms. The van der Waals surface area contributed by atoms with Crippen molar-refractivity contribution < 1.29 is 0 Å². The molecule has 0 radical (unpaired) electrons. The molecule has 32 heavy (non-hydrogen) atoms. The van der Waals surface area contributed by atoms with Crippen molar-refractivity contribution in [2.24, 2.45) is 14.1 Å². The van der Waals surface area contributed by atoms with Crippen molar-refractivity contribution in [2.45, 2.75) is 26.7 Å². The third kappa shape index (κ3) is 3.09. The molecule has 0 N–H and O–H groups in total. The van der Waals surface area contributed by atoms with Crippen molar-refractivity contribution in [3.05, 3.63) is 75.3 Å². The fourth-order valence-corrected chi connectivity index (χ4v) is 4.84. The van der Waals surface area contributed by atoms with Crippen molar-refractivity contribution >= 4 is 22.3 Å². The number of benzene rings is 2. The first kappa shape index (κ1) is 20.1. The molecule has 0 aliphatic carbocycles.